The average Bonchev–Trinajstić information content (AvgIpc) is 3.19. The summed E-state index contributed by atoms with van der Waals surface area (Å²) in [6.07, 6.45) is 4.41. The van der Waals surface area contributed by atoms with Crippen molar-refractivity contribution in [2.24, 2.45) is 7.05 Å². The SMILES string of the molecule is Cn1nncc1CNc1nc(C(C)(C)C)nc(N2CC=C(F)C2)c1C=N. The van der Waals surface area contributed by atoms with Crippen LogP contribution < -0.4 is 10.2 Å². The van der Waals surface area contributed by atoms with Crippen molar-refractivity contribution in [3.05, 3.63) is 35.2 Å². The Morgan fingerprint density at radius 2 is 2.12 bits per heavy atom. The molecular weight excluding hydrogens is 335 g/mol. The Balaban J connectivity index is 2.00. The zero-order chi connectivity index (χ0) is 18.9. The molecule has 0 saturated heterocycles. The number of halogens is 1. The van der Waals surface area contributed by atoms with Crippen LogP contribution in [0.1, 0.15) is 37.9 Å². The van der Waals surface area contributed by atoms with Gasteiger partial charge in [0.05, 0.1) is 30.5 Å². The van der Waals surface area contributed by atoms with Crippen molar-refractivity contribution in [1.29, 1.82) is 5.41 Å². The zero-order valence-electron chi connectivity index (χ0n) is 15.4. The number of anilines is 2. The van der Waals surface area contributed by atoms with Gasteiger partial charge in [0.15, 0.2) is 0 Å². The average molecular weight is 358 g/mol. The highest BCUT2D eigenvalue weighted by Crippen LogP contribution is 2.30. The fourth-order valence-electron chi connectivity index (χ4n) is 2.63. The largest absolute Gasteiger partial charge is 0.364 e. The smallest absolute Gasteiger partial charge is 0.144 e. The Kier molecular flexibility index (Phi) is 4.71. The molecule has 1 aliphatic heterocycles. The van der Waals surface area contributed by atoms with Gasteiger partial charge in [-0.25, -0.2) is 14.4 Å². The molecule has 2 aromatic rings. The van der Waals surface area contributed by atoms with E-state index >= 15 is 0 Å². The van der Waals surface area contributed by atoms with Crippen LogP contribution in [0, 0.1) is 5.41 Å². The molecule has 8 nitrogen and oxygen atoms in total. The van der Waals surface area contributed by atoms with E-state index in [-0.39, 0.29) is 17.8 Å². The minimum atomic E-state index is -0.286. The summed E-state index contributed by atoms with van der Waals surface area (Å²) in [6, 6.07) is 0. The number of hydrogen-bond donors (Lipinski definition) is 2. The maximum Gasteiger partial charge on any atom is 0.144 e. The lowest BCUT2D eigenvalue weighted by molar-refractivity contribution is 0.544. The highest BCUT2D eigenvalue weighted by atomic mass is 19.1. The predicted molar refractivity (Wildman–Crippen MR) is 98.4 cm³/mol. The van der Waals surface area contributed by atoms with E-state index in [2.05, 4.69) is 25.6 Å². The van der Waals surface area contributed by atoms with Gasteiger partial charge in [0.2, 0.25) is 0 Å². The van der Waals surface area contributed by atoms with E-state index in [0.717, 1.165) is 5.69 Å². The lowest BCUT2D eigenvalue weighted by Gasteiger charge is -2.25. The molecule has 0 spiro atoms. The first-order valence-electron chi connectivity index (χ1n) is 8.39. The van der Waals surface area contributed by atoms with Crippen molar-refractivity contribution >= 4 is 17.9 Å². The fourth-order valence-corrected chi connectivity index (χ4v) is 2.63. The van der Waals surface area contributed by atoms with E-state index in [4.69, 9.17) is 5.41 Å². The van der Waals surface area contributed by atoms with E-state index < -0.39 is 0 Å². The van der Waals surface area contributed by atoms with Gasteiger partial charge in [-0.15, -0.1) is 5.10 Å². The number of nitrogens with one attached hydrogen (secondary N) is 2. The summed E-state index contributed by atoms with van der Waals surface area (Å²) in [6.45, 7) is 7.11. The molecule has 0 aliphatic carbocycles. The molecule has 0 aromatic carbocycles. The first-order valence-corrected chi connectivity index (χ1v) is 8.39. The van der Waals surface area contributed by atoms with Crippen LogP contribution in [0.3, 0.4) is 0 Å². The molecule has 0 saturated carbocycles. The molecule has 0 unspecified atom stereocenters. The van der Waals surface area contributed by atoms with Gasteiger partial charge in [0.1, 0.15) is 23.3 Å². The molecule has 2 aromatic heterocycles. The molecule has 2 N–H and O–H groups in total. The normalized spacial score (nSPS) is 14.5. The Hall–Kier alpha value is -2.84. The van der Waals surface area contributed by atoms with Crippen LogP contribution in [-0.4, -0.2) is 44.3 Å². The Morgan fingerprint density at radius 1 is 1.35 bits per heavy atom. The lowest BCUT2D eigenvalue weighted by Crippen LogP contribution is -2.27. The second-order valence-corrected chi connectivity index (χ2v) is 7.26. The first kappa shape index (κ1) is 18.0. The summed E-state index contributed by atoms with van der Waals surface area (Å²) < 4.78 is 15.3. The van der Waals surface area contributed by atoms with Crippen molar-refractivity contribution in [3.63, 3.8) is 0 Å². The number of rotatable bonds is 5. The second-order valence-electron chi connectivity index (χ2n) is 7.26. The van der Waals surface area contributed by atoms with Crippen molar-refractivity contribution in [2.75, 3.05) is 23.3 Å². The van der Waals surface area contributed by atoms with Crippen LogP contribution in [-0.2, 0) is 19.0 Å². The molecule has 0 atom stereocenters. The predicted octanol–water partition coefficient (Wildman–Crippen LogP) is 2.19. The Bertz CT molecular complexity index is 849. The van der Waals surface area contributed by atoms with Gasteiger partial charge in [0, 0.05) is 25.2 Å². The van der Waals surface area contributed by atoms with Crippen LogP contribution in [0.15, 0.2) is 18.1 Å². The number of aryl methyl sites for hydroxylation is 1. The highest BCUT2D eigenvalue weighted by molar-refractivity contribution is 5.91. The molecular formula is C17H23FN8. The third-order valence-electron chi connectivity index (χ3n) is 4.16. The van der Waals surface area contributed by atoms with Gasteiger partial charge in [-0.1, -0.05) is 26.0 Å². The Labute approximate surface area is 151 Å². The van der Waals surface area contributed by atoms with Crippen molar-refractivity contribution < 1.29 is 4.39 Å². The van der Waals surface area contributed by atoms with Crippen LogP contribution in [0.2, 0.25) is 0 Å². The van der Waals surface area contributed by atoms with E-state index in [1.165, 1.54) is 12.3 Å². The summed E-state index contributed by atoms with van der Waals surface area (Å²) in [5.74, 6) is 1.56. The maximum absolute atomic E-state index is 13.6. The van der Waals surface area contributed by atoms with Gasteiger partial charge in [-0.2, -0.15) is 0 Å². The van der Waals surface area contributed by atoms with Crippen molar-refractivity contribution in [2.45, 2.75) is 32.7 Å². The molecule has 0 amide bonds. The molecule has 3 heterocycles. The molecule has 1 aliphatic rings. The van der Waals surface area contributed by atoms with E-state index in [1.807, 2.05) is 32.7 Å². The third-order valence-corrected chi connectivity index (χ3v) is 4.16. The molecule has 0 fully saturated rings. The van der Waals surface area contributed by atoms with E-state index in [1.54, 1.807) is 10.9 Å². The molecule has 138 valence electrons. The third kappa shape index (κ3) is 3.56. The van der Waals surface area contributed by atoms with Gasteiger partial charge in [0.25, 0.3) is 0 Å². The topological polar surface area (TPSA) is 95.6 Å². The number of hydrogen-bond acceptors (Lipinski definition) is 7. The van der Waals surface area contributed by atoms with Crippen LogP contribution >= 0.6 is 0 Å². The van der Waals surface area contributed by atoms with E-state index in [0.29, 0.717) is 36.1 Å². The summed E-state index contributed by atoms with van der Waals surface area (Å²) in [4.78, 5) is 11.1. The van der Waals surface area contributed by atoms with Crippen molar-refractivity contribution in [1.82, 2.24) is 25.0 Å². The van der Waals surface area contributed by atoms with Crippen LogP contribution in [0.25, 0.3) is 0 Å². The van der Waals surface area contributed by atoms with Crippen molar-refractivity contribution in [3.8, 4) is 0 Å². The van der Waals surface area contributed by atoms with Gasteiger partial charge in [-0.3, -0.25) is 4.68 Å². The Morgan fingerprint density at radius 3 is 2.65 bits per heavy atom. The fraction of sp³-hybridized carbons (Fsp3) is 0.471. The molecule has 0 bridgehead atoms. The lowest BCUT2D eigenvalue weighted by atomic mass is 9.95. The van der Waals surface area contributed by atoms with Gasteiger partial charge < -0.3 is 15.6 Å². The number of aromatic nitrogens is 5. The van der Waals surface area contributed by atoms with Gasteiger partial charge >= 0.3 is 0 Å². The second kappa shape index (κ2) is 6.81. The van der Waals surface area contributed by atoms with Gasteiger partial charge in [-0.05, 0) is 6.08 Å². The minimum Gasteiger partial charge on any atom is -0.364 e. The highest BCUT2D eigenvalue weighted by Gasteiger charge is 2.26. The summed E-state index contributed by atoms with van der Waals surface area (Å²) in [5.41, 5.74) is 1.13. The molecule has 3 rings (SSSR count). The van der Waals surface area contributed by atoms with E-state index in [9.17, 15) is 4.39 Å². The standard InChI is InChI=1S/C17H23FN8/c1-17(2,3)16-22-14(20-8-12-9-21-24-25(12)4)13(7-19)15(23-16)26-6-5-11(18)10-26/h5,7,9,19H,6,8,10H2,1-4H3,(H,20,22,23). The summed E-state index contributed by atoms with van der Waals surface area (Å²) in [7, 11) is 1.81. The molecule has 0 radical (unpaired) electrons. The minimum absolute atomic E-state index is 0.159. The summed E-state index contributed by atoms with van der Waals surface area (Å²) in [5, 5.41) is 18.9. The van der Waals surface area contributed by atoms with Crippen LogP contribution in [0.4, 0.5) is 16.0 Å². The number of nitrogens with zero attached hydrogens (tertiary/aromatic N) is 6. The molecule has 26 heavy (non-hydrogen) atoms. The zero-order valence-corrected chi connectivity index (χ0v) is 15.4. The quantitative estimate of drug-likeness (QED) is 0.796. The van der Waals surface area contributed by atoms with Crippen LogP contribution in [0.5, 0.6) is 0 Å². The maximum atomic E-state index is 13.6. The monoisotopic (exact) mass is 358 g/mol. The summed E-state index contributed by atoms with van der Waals surface area (Å²) >= 11 is 0. The first-order chi connectivity index (χ1) is 12.3. The molecule has 9 heteroatoms.